The van der Waals surface area contributed by atoms with Crippen molar-refractivity contribution in [3.8, 4) is 0 Å². The second-order valence-corrected chi connectivity index (χ2v) is 6.42. The Morgan fingerprint density at radius 3 is 2.62 bits per heavy atom. The van der Waals surface area contributed by atoms with Crippen LogP contribution in [-0.2, 0) is 6.42 Å². The third kappa shape index (κ3) is 2.86. The van der Waals surface area contributed by atoms with Gasteiger partial charge in [0.2, 0.25) is 0 Å². The molecule has 2 radical (unpaired) electrons. The van der Waals surface area contributed by atoms with Crippen LogP contribution in [0.2, 0.25) is 0 Å². The summed E-state index contributed by atoms with van der Waals surface area (Å²) in [5.74, 6) is 2.41. The summed E-state index contributed by atoms with van der Waals surface area (Å²) in [6, 6.07) is 9.05. The van der Waals surface area contributed by atoms with E-state index in [2.05, 4.69) is 68.8 Å². The van der Waals surface area contributed by atoms with E-state index in [1.165, 1.54) is 36.8 Å². The zero-order valence-corrected chi connectivity index (χ0v) is 13.3. The SMILES string of the molecule is CCCc1ccccc1C1[C]C2C=CC=CC2C1CCC. The lowest BCUT2D eigenvalue weighted by Crippen LogP contribution is -2.16. The Hall–Kier alpha value is -1.30. The summed E-state index contributed by atoms with van der Waals surface area (Å²) in [7, 11) is 0. The van der Waals surface area contributed by atoms with Gasteiger partial charge in [-0.3, -0.25) is 0 Å². The molecule has 0 saturated heterocycles. The van der Waals surface area contributed by atoms with Gasteiger partial charge in [-0.1, -0.05) is 75.3 Å². The molecule has 0 aliphatic heterocycles. The van der Waals surface area contributed by atoms with Crippen molar-refractivity contribution >= 4 is 0 Å². The average Bonchev–Trinajstić information content (AvgIpc) is 2.88. The van der Waals surface area contributed by atoms with Gasteiger partial charge >= 0.3 is 0 Å². The van der Waals surface area contributed by atoms with Gasteiger partial charge < -0.3 is 0 Å². The van der Waals surface area contributed by atoms with E-state index in [9.17, 15) is 0 Å². The highest BCUT2D eigenvalue weighted by molar-refractivity contribution is 5.38. The molecule has 0 aromatic heterocycles. The number of allylic oxidation sites excluding steroid dienone is 4. The largest absolute Gasteiger partial charge is 0.0805 e. The van der Waals surface area contributed by atoms with Gasteiger partial charge in [0.25, 0.3) is 0 Å². The highest BCUT2D eigenvalue weighted by atomic mass is 14.5. The topological polar surface area (TPSA) is 0 Å². The quantitative estimate of drug-likeness (QED) is 0.658. The first-order valence-corrected chi connectivity index (χ1v) is 8.54. The van der Waals surface area contributed by atoms with Crippen molar-refractivity contribution in [2.75, 3.05) is 0 Å². The second-order valence-electron chi connectivity index (χ2n) is 6.42. The van der Waals surface area contributed by atoms with Crippen LogP contribution in [-0.4, -0.2) is 0 Å². The molecule has 0 heteroatoms. The van der Waals surface area contributed by atoms with E-state index in [1.54, 1.807) is 0 Å². The highest BCUT2D eigenvalue weighted by Crippen LogP contribution is 2.51. The Labute approximate surface area is 130 Å². The minimum atomic E-state index is 0.509. The van der Waals surface area contributed by atoms with Gasteiger partial charge in [0, 0.05) is 0 Å². The molecule has 3 rings (SSSR count). The molecule has 4 unspecified atom stereocenters. The molecule has 1 fully saturated rings. The number of benzene rings is 1. The Balaban J connectivity index is 1.93. The fraction of sp³-hybridized carbons (Fsp3) is 0.476. The standard InChI is InChI=1S/C21H26/c1-3-9-16-11-5-7-13-18(16)21-15-17-12-6-8-14-19(17)20(21)10-4-2/h5-8,11-14,17,19-21H,3-4,9-10H2,1-2H3. The number of hydrogen-bond donors (Lipinski definition) is 0. The summed E-state index contributed by atoms with van der Waals surface area (Å²) in [5, 5.41) is 0. The van der Waals surface area contributed by atoms with Crippen LogP contribution in [0.1, 0.15) is 50.2 Å². The molecule has 1 saturated carbocycles. The molecule has 110 valence electrons. The van der Waals surface area contributed by atoms with Gasteiger partial charge in [0.1, 0.15) is 0 Å². The molecule has 0 amide bonds. The fourth-order valence-electron chi connectivity index (χ4n) is 4.10. The molecule has 4 atom stereocenters. The van der Waals surface area contributed by atoms with Crippen molar-refractivity contribution in [2.24, 2.45) is 17.8 Å². The van der Waals surface area contributed by atoms with Crippen LogP contribution < -0.4 is 0 Å². The molecule has 0 nitrogen and oxygen atoms in total. The van der Waals surface area contributed by atoms with E-state index in [1.807, 2.05) is 0 Å². The van der Waals surface area contributed by atoms with Gasteiger partial charge in [0.15, 0.2) is 0 Å². The Kier molecular flexibility index (Phi) is 4.63. The van der Waals surface area contributed by atoms with E-state index in [4.69, 9.17) is 0 Å². The van der Waals surface area contributed by atoms with Crippen molar-refractivity contribution in [2.45, 2.75) is 45.4 Å². The lowest BCUT2D eigenvalue weighted by Gasteiger charge is -2.26. The maximum atomic E-state index is 3.90. The van der Waals surface area contributed by atoms with Crippen molar-refractivity contribution in [1.29, 1.82) is 0 Å². The average molecular weight is 278 g/mol. The maximum absolute atomic E-state index is 3.90. The normalized spacial score (nSPS) is 30.6. The fourth-order valence-corrected chi connectivity index (χ4v) is 4.10. The number of fused-ring (bicyclic) bond motifs is 1. The Morgan fingerprint density at radius 2 is 1.81 bits per heavy atom. The van der Waals surface area contributed by atoms with E-state index in [0.717, 1.165) is 5.92 Å². The molecule has 0 N–H and O–H groups in total. The molecule has 0 heterocycles. The monoisotopic (exact) mass is 278 g/mol. The third-order valence-electron chi connectivity index (χ3n) is 5.00. The first kappa shape index (κ1) is 14.6. The molecule has 2 aliphatic rings. The van der Waals surface area contributed by atoms with Crippen molar-refractivity contribution in [3.63, 3.8) is 0 Å². The van der Waals surface area contributed by atoms with E-state index >= 15 is 0 Å². The highest BCUT2D eigenvalue weighted by Gasteiger charge is 2.42. The molecule has 1 aromatic rings. The predicted octanol–water partition coefficient (Wildman–Crippen LogP) is 5.59. The van der Waals surface area contributed by atoms with Crippen LogP contribution in [0.25, 0.3) is 0 Å². The van der Waals surface area contributed by atoms with E-state index in [0.29, 0.717) is 17.8 Å². The molecule has 0 spiro atoms. The summed E-state index contributed by atoms with van der Waals surface area (Å²) in [6.45, 7) is 4.58. The van der Waals surface area contributed by atoms with Crippen LogP contribution in [0, 0.1) is 24.2 Å². The lowest BCUT2D eigenvalue weighted by molar-refractivity contribution is 0.366. The van der Waals surface area contributed by atoms with Gasteiger partial charge in [-0.15, -0.1) is 0 Å². The number of rotatable bonds is 5. The van der Waals surface area contributed by atoms with Gasteiger partial charge in [0.05, 0.1) is 0 Å². The molecule has 1 aromatic carbocycles. The van der Waals surface area contributed by atoms with Crippen LogP contribution in [0.3, 0.4) is 0 Å². The second kappa shape index (κ2) is 6.64. The number of hydrogen-bond acceptors (Lipinski definition) is 0. The molecular weight excluding hydrogens is 252 g/mol. The summed E-state index contributed by atoms with van der Waals surface area (Å²) in [5.41, 5.74) is 3.07. The zero-order chi connectivity index (χ0) is 14.7. The summed E-state index contributed by atoms with van der Waals surface area (Å²) >= 11 is 0. The lowest BCUT2D eigenvalue weighted by atomic mass is 9.78. The van der Waals surface area contributed by atoms with Gasteiger partial charge in [-0.2, -0.15) is 0 Å². The van der Waals surface area contributed by atoms with Gasteiger partial charge in [-0.25, -0.2) is 0 Å². The maximum Gasteiger partial charge on any atom is -0.000869 e. The Morgan fingerprint density at radius 1 is 1.00 bits per heavy atom. The summed E-state index contributed by atoms with van der Waals surface area (Å²) in [4.78, 5) is 0. The predicted molar refractivity (Wildman–Crippen MR) is 90.1 cm³/mol. The minimum Gasteiger partial charge on any atom is -0.0805 e. The molecule has 2 aliphatic carbocycles. The van der Waals surface area contributed by atoms with Gasteiger partial charge in [-0.05, 0) is 54.1 Å². The first-order valence-electron chi connectivity index (χ1n) is 8.54. The zero-order valence-electron chi connectivity index (χ0n) is 13.3. The van der Waals surface area contributed by atoms with Crippen LogP contribution >= 0.6 is 0 Å². The summed E-state index contributed by atoms with van der Waals surface area (Å²) in [6.07, 6.45) is 18.1. The van der Waals surface area contributed by atoms with Crippen LogP contribution in [0.5, 0.6) is 0 Å². The Bertz CT molecular complexity index is 523. The smallest absolute Gasteiger partial charge is 0.000869 e. The molecule has 21 heavy (non-hydrogen) atoms. The van der Waals surface area contributed by atoms with E-state index < -0.39 is 0 Å². The van der Waals surface area contributed by atoms with Crippen LogP contribution in [0.4, 0.5) is 0 Å². The minimum absolute atomic E-state index is 0.509. The van der Waals surface area contributed by atoms with Crippen molar-refractivity contribution < 1.29 is 0 Å². The van der Waals surface area contributed by atoms with Crippen LogP contribution in [0.15, 0.2) is 48.6 Å². The van der Waals surface area contributed by atoms with E-state index in [-0.39, 0.29) is 0 Å². The summed E-state index contributed by atoms with van der Waals surface area (Å²) < 4.78 is 0. The first-order chi connectivity index (χ1) is 10.3. The number of aryl methyl sites for hydroxylation is 1. The molecular formula is C21H26. The van der Waals surface area contributed by atoms with Crippen molar-refractivity contribution in [1.82, 2.24) is 0 Å². The van der Waals surface area contributed by atoms with Crippen molar-refractivity contribution in [3.05, 3.63) is 66.1 Å². The molecule has 0 bridgehead atoms. The third-order valence-corrected chi connectivity index (χ3v) is 5.00.